The first-order chi connectivity index (χ1) is 12.8. The Morgan fingerprint density at radius 3 is 2.52 bits per heavy atom. The van der Waals surface area contributed by atoms with Crippen LogP contribution in [0.3, 0.4) is 0 Å². The Balaban J connectivity index is 1.90. The zero-order chi connectivity index (χ0) is 19.6. The molecule has 0 radical (unpaired) electrons. The van der Waals surface area contributed by atoms with Crippen molar-refractivity contribution in [1.82, 2.24) is 4.31 Å². The normalized spacial score (nSPS) is 15.5. The van der Waals surface area contributed by atoms with E-state index >= 15 is 0 Å². The number of carbonyl (C=O) groups is 1. The molecular formula is C19H21ClN2O4S. The molecule has 2 N–H and O–H groups in total. The van der Waals surface area contributed by atoms with Gasteiger partial charge in [0.15, 0.2) is 0 Å². The molecule has 0 unspecified atom stereocenters. The Morgan fingerprint density at radius 2 is 1.81 bits per heavy atom. The summed E-state index contributed by atoms with van der Waals surface area (Å²) in [5.41, 5.74) is 1.02. The number of hydrogen-bond donors (Lipinski definition) is 2. The zero-order valence-corrected chi connectivity index (χ0v) is 16.5. The minimum absolute atomic E-state index is 0.102. The lowest BCUT2D eigenvalue weighted by molar-refractivity contribution is 0.102. The van der Waals surface area contributed by atoms with Crippen molar-refractivity contribution in [3.8, 4) is 5.75 Å². The summed E-state index contributed by atoms with van der Waals surface area (Å²) >= 11 is 5.90. The first-order valence-corrected chi connectivity index (χ1v) is 10.5. The molecule has 1 saturated heterocycles. The van der Waals surface area contributed by atoms with Gasteiger partial charge < -0.3 is 10.4 Å². The van der Waals surface area contributed by atoms with E-state index in [1.54, 1.807) is 19.1 Å². The minimum Gasteiger partial charge on any atom is -0.506 e. The molecule has 0 aliphatic carbocycles. The number of benzene rings is 2. The minimum atomic E-state index is -3.65. The number of aryl methyl sites for hydroxylation is 1. The molecule has 0 saturated carbocycles. The van der Waals surface area contributed by atoms with Crippen LogP contribution < -0.4 is 5.32 Å². The molecule has 8 heteroatoms. The third kappa shape index (κ3) is 4.43. The number of phenolic OH excluding ortho intramolecular Hbond substituents is 1. The van der Waals surface area contributed by atoms with Gasteiger partial charge in [-0.2, -0.15) is 4.31 Å². The molecule has 1 amide bonds. The first-order valence-electron chi connectivity index (χ1n) is 8.69. The fourth-order valence-electron chi connectivity index (χ4n) is 3.09. The van der Waals surface area contributed by atoms with Crippen molar-refractivity contribution in [3.05, 3.63) is 52.5 Å². The van der Waals surface area contributed by atoms with Gasteiger partial charge in [0.25, 0.3) is 5.91 Å². The smallest absolute Gasteiger partial charge is 0.255 e. The van der Waals surface area contributed by atoms with Crippen LogP contribution in [-0.4, -0.2) is 36.8 Å². The molecule has 0 atom stereocenters. The summed E-state index contributed by atoms with van der Waals surface area (Å²) in [5.74, 6) is -0.645. The largest absolute Gasteiger partial charge is 0.506 e. The number of nitrogens with one attached hydrogen (secondary N) is 1. The standard InChI is InChI=1S/C19H21ClN2O4S/c1-13-9-14(19(24)21-17-12-15(20)5-6-18(17)23)11-16(10-13)27(25,26)22-7-3-2-4-8-22/h5-6,9-12,23H,2-4,7-8H2,1H3,(H,21,24). The van der Waals surface area contributed by atoms with E-state index in [2.05, 4.69) is 5.32 Å². The lowest BCUT2D eigenvalue weighted by atomic mass is 10.1. The van der Waals surface area contributed by atoms with Crippen LogP contribution in [0.4, 0.5) is 5.69 Å². The molecule has 0 spiro atoms. The van der Waals surface area contributed by atoms with Gasteiger partial charge in [0.1, 0.15) is 5.75 Å². The predicted octanol–water partition coefficient (Wildman–Crippen LogP) is 3.78. The molecule has 27 heavy (non-hydrogen) atoms. The van der Waals surface area contributed by atoms with Crippen LogP contribution in [0.15, 0.2) is 41.3 Å². The molecule has 1 aliphatic rings. The highest BCUT2D eigenvalue weighted by Gasteiger charge is 2.27. The van der Waals surface area contributed by atoms with Gasteiger partial charge in [-0.15, -0.1) is 0 Å². The number of carbonyl (C=O) groups excluding carboxylic acids is 1. The lowest BCUT2D eigenvalue weighted by Gasteiger charge is -2.26. The van der Waals surface area contributed by atoms with Crippen molar-refractivity contribution in [3.63, 3.8) is 0 Å². The number of piperidine rings is 1. The third-order valence-corrected chi connectivity index (χ3v) is 6.58. The number of aromatic hydroxyl groups is 1. The van der Waals surface area contributed by atoms with Crippen LogP contribution in [-0.2, 0) is 10.0 Å². The summed E-state index contributed by atoms with van der Waals surface area (Å²) in [7, 11) is -3.65. The average molecular weight is 409 g/mol. The van der Waals surface area contributed by atoms with Crippen molar-refractivity contribution in [2.75, 3.05) is 18.4 Å². The van der Waals surface area contributed by atoms with E-state index in [9.17, 15) is 18.3 Å². The molecule has 2 aromatic carbocycles. The van der Waals surface area contributed by atoms with E-state index in [0.717, 1.165) is 19.3 Å². The van der Waals surface area contributed by atoms with Crippen LogP contribution in [0.25, 0.3) is 0 Å². The van der Waals surface area contributed by atoms with E-state index in [0.29, 0.717) is 23.7 Å². The van der Waals surface area contributed by atoms with Crippen LogP contribution in [0.1, 0.15) is 35.2 Å². The van der Waals surface area contributed by atoms with Gasteiger partial charge in [-0.25, -0.2) is 8.42 Å². The number of anilines is 1. The second-order valence-corrected chi connectivity index (χ2v) is 8.99. The maximum atomic E-state index is 12.9. The van der Waals surface area contributed by atoms with Crippen LogP contribution >= 0.6 is 11.6 Å². The second-order valence-electron chi connectivity index (χ2n) is 6.62. The molecular weight excluding hydrogens is 388 g/mol. The van der Waals surface area contributed by atoms with Crippen LogP contribution in [0.5, 0.6) is 5.75 Å². The first kappa shape index (κ1) is 19.7. The molecule has 1 fully saturated rings. The molecule has 1 aliphatic heterocycles. The van der Waals surface area contributed by atoms with Crippen molar-refractivity contribution in [1.29, 1.82) is 0 Å². The number of amides is 1. The maximum absolute atomic E-state index is 12.9. The van der Waals surface area contributed by atoms with Gasteiger partial charge >= 0.3 is 0 Å². The number of rotatable bonds is 4. The summed E-state index contributed by atoms with van der Waals surface area (Å²) in [6.45, 7) is 2.73. The number of halogens is 1. The SMILES string of the molecule is Cc1cc(C(=O)Nc2cc(Cl)ccc2O)cc(S(=O)(=O)N2CCCCC2)c1. The van der Waals surface area contributed by atoms with Gasteiger partial charge in [-0.05, 0) is 61.7 Å². The fourth-order valence-corrected chi connectivity index (χ4v) is 4.91. The van der Waals surface area contributed by atoms with E-state index < -0.39 is 15.9 Å². The van der Waals surface area contributed by atoms with Crippen LogP contribution in [0, 0.1) is 6.92 Å². The van der Waals surface area contributed by atoms with E-state index in [-0.39, 0.29) is 21.9 Å². The summed E-state index contributed by atoms with van der Waals surface area (Å²) in [5, 5.41) is 12.8. The van der Waals surface area contributed by atoms with E-state index in [1.165, 1.54) is 28.6 Å². The number of hydrogen-bond acceptors (Lipinski definition) is 4. The third-order valence-electron chi connectivity index (χ3n) is 4.47. The average Bonchev–Trinajstić information content (AvgIpc) is 2.65. The molecule has 6 nitrogen and oxygen atoms in total. The van der Waals surface area contributed by atoms with Crippen LogP contribution in [0.2, 0.25) is 5.02 Å². The molecule has 1 heterocycles. The highest BCUT2D eigenvalue weighted by atomic mass is 35.5. The maximum Gasteiger partial charge on any atom is 0.255 e. The Hall–Kier alpha value is -2.09. The number of sulfonamides is 1. The molecule has 144 valence electrons. The topological polar surface area (TPSA) is 86.7 Å². The quantitative estimate of drug-likeness (QED) is 0.753. The highest BCUT2D eigenvalue weighted by molar-refractivity contribution is 7.89. The van der Waals surface area contributed by atoms with Crippen molar-refractivity contribution < 1.29 is 18.3 Å². The molecule has 0 bridgehead atoms. The summed E-state index contributed by atoms with van der Waals surface area (Å²) in [6, 6.07) is 8.84. The number of phenols is 1. The Labute approximate surface area is 163 Å². The van der Waals surface area contributed by atoms with Gasteiger partial charge in [-0.1, -0.05) is 18.0 Å². The molecule has 0 aromatic heterocycles. The summed E-state index contributed by atoms with van der Waals surface area (Å²) in [6.07, 6.45) is 2.70. The number of nitrogens with zero attached hydrogens (tertiary/aromatic N) is 1. The second kappa shape index (κ2) is 7.88. The molecule has 2 aromatic rings. The predicted molar refractivity (Wildman–Crippen MR) is 105 cm³/mol. The molecule has 3 rings (SSSR count). The van der Waals surface area contributed by atoms with Crippen molar-refractivity contribution >= 4 is 33.2 Å². The van der Waals surface area contributed by atoms with E-state index in [1.807, 2.05) is 0 Å². The highest BCUT2D eigenvalue weighted by Crippen LogP contribution is 2.28. The Morgan fingerprint density at radius 1 is 1.11 bits per heavy atom. The summed E-state index contributed by atoms with van der Waals surface area (Å²) < 4.78 is 27.3. The monoisotopic (exact) mass is 408 g/mol. The summed E-state index contributed by atoms with van der Waals surface area (Å²) in [4.78, 5) is 12.7. The zero-order valence-electron chi connectivity index (χ0n) is 14.9. The lowest BCUT2D eigenvalue weighted by Crippen LogP contribution is -2.35. The van der Waals surface area contributed by atoms with Gasteiger partial charge in [0, 0.05) is 23.7 Å². The fraction of sp³-hybridized carbons (Fsp3) is 0.316. The van der Waals surface area contributed by atoms with E-state index in [4.69, 9.17) is 11.6 Å². The Bertz CT molecular complexity index is 970. The van der Waals surface area contributed by atoms with Crippen molar-refractivity contribution in [2.24, 2.45) is 0 Å². The Kier molecular flexibility index (Phi) is 5.74. The van der Waals surface area contributed by atoms with Crippen molar-refractivity contribution in [2.45, 2.75) is 31.1 Å². The van der Waals surface area contributed by atoms with Gasteiger partial charge in [0.2, 0.25) is 10.0 Å². The van der Waals surface area contributed by atoms with Gasteiger partial charge in [-0.3, -0.25) is 4.79 Å². The van der Waals surface area contributed by atoms with Gasteiger partial charge in [0.05, 0.1) is 10.6 Å².